The van der Waals surface area contributed by atoms with E-state index in [9.17, 15) is 0 Å². The molecule has 1 rings (SSSR count). The van der Waals surface area contributed by atoms with Crippen LogP contribution in [0.15, 0.2) is 24.3 Å². The van der Waals surface area contributed by atoms with Crippen LogP contribution in [0.25, 0.3) is 0 Å². The Labute approximate surface area is 86.2 Å². The van der Waals surface area contributed by atoms with Crippen LogP contribution in [0.5, 0.6) is 0 Å². The topological polar surface area (TPSA) is 0 Å². The number of benzene rings is 1. The van der Waals surface area contributed by atoms with Gasteiger partial charge in [0.05, 0.1) is 0 Å². The first-order chi connectivity index (χ1) is 5.93. The quantitative estimate of drug-likeness (QED) is 0.730. The van der Waals surface area contributed by atoms with E-state index in [1.807, 2.05) is 0 Å². The van der Waals surface area contributed by atoms with Gasteiger partial charge in [-0.1, -0.05) is 0 Å². The van der Waals surface area contributed by atoms with Crippen molar-refractivity contribution in [1.29, 1.82) is 0 Å². The van der Waals surface area contributed by atoms with Crippen molar-refractivity contribution in [2.24, 2.45) is 0 Å². The molecule has 0 N–H and O–H groups in total. The molecular formula is C12H20Sn. The van der Waals surface area contributed by atoms with Crippen molar-refractivity contribution in [3.05, 3.63) is 29.8 Å². The molecule has 1 heteroatoms. The molecule has 0 aliphatic rings. The van der Waals surface area contributed by atoms with E-state index < -0.39 is 18.4 Å². The van der Waals surface area contributed by atoms with Crippen molar-refractivity contribution >= 4 is 22.0 Å². The Balaban J connectivity index is 3.20. The molecule has 0 aliphatic carbocycles. The molecule has 0 amide bonds. The van der Waals surface area contributed by atoms with E-state index in [4.69, 9.17) is 0 Å². The second-order valence-corrected chi connectivity index (χ2v) is 19.4. The van der Waals surface area contributed by atoms with Crippen LogP contribution in [-0.4, -0.2) is 18.4 Å². The number of rotatable bonds is 2. The molecule has 0 atom stereocenters. The maximum absolute atomic E-state index is 2.48. The van der Waals surface area contributed by atoms with Crippen LogP contribution in [0, 0.1) is 0 Å². The number of hydrogen-bond acceptors (Lipinski definition) is 0. The van der Waals surface area contributed by atoms with Crippen LogP contribution in [0.4, 0.5) is 0 Å². The monoisotopic (exact) mass is 284 g/mol. The Morgan fingerprint density at radius 1 is 1.00 bits per heavy atom. The summed E-state index contributed by atoms with van der Waals surface area (Å²) >= 11 is -1.86. The number of hydrogen-bond donors (Lipinski definition) is 0. The van der Waals surface area contributed by atoms with Gasteiger partial charge in [0.15, 0.2) is 0 Å². The van der Waals surface area contributed by atoms with Crippen LogP contribution in [-0.2, 0) is 0 Å². The van der Waals surface area contributed by atoms with Gasteiger partial charge in [0, 0.05) is 0 Å². The molecule has 1 aromatic carbocycles. The summed E-state index contributed by atoms with van der Waals surface area (Å²) in [6.45, 7) is 4.58. The molecule has 0 radical (unpaired) electrons. The van der Waals surface area contributed by atoms with E-state index in [-0.39, 0.29) is 0 Å². The van der Waals surface area contributed by atoms with E-state index in [2.05, 4.69) is 52.9 Å². The molecule has 0 unspecified atom stereocenters. The van der Waals surface area contributed by atoms with E-state index >= 15 is 0 Å². The molecule has 0 spiro atoms. The van der Waals surface area contributed by atoms with Crippen molar-refractivity contribution in [2.45, 2.75) is 34.6 Å². The average Bonchev–Trinajstić information content (AvgIpc) is 2.03. The third kappa shape index (κ3) is 2.73. The van der Waals surface area contributed by atoms with Crippen LogP contribution in [0.3, 0.4) is 0 Å². The van der Waals surface area contributed by atoms with E-state index in [0.29, 0.717) is 5.92 Å². The summed E-state index contributed by atoms with van der Waals surface area (Å²) in [5.74, 6) is 0.673. The van der Waals surface area contributed by atoms with Gasteiger partial charge in [-0.2, -0.15) is 0 Å². The van der Waals surface area contributed by atoms with Gasteiger partial charge in [-0.05, 0) is 0 Å². The van der Waals surface area contributed by atoms with Crippen LogP contribution in [0.2, 0.25) is 14.8 Å². The molecule has 0 nitrogen and oxygen atoms in total. The van der Waals surface area contributed by atoms with E-state index in [1.165, 1.54) is 0 Å². The second-order valence-electron chi connectivity index (χ2n) is 4.99. The predicted molar refractivity (Wildman–Crippen MR) is 63.5 cm³/mol. The van der Waals surface area contributed by atoms with Crippen molar-refractivity contribution in [3.8, 4) is 0 Å². The van der Waals surface area contributed by atoms with Gasteiger partial charge in [0.1, 0.15) is 0 Å². The summed E-state index contributed by atoms with van der Waals surface area (Å²) in [6.07, 6.45) is 0. The standard InChI is InChI=1S/C9H11.3CH3.Sn/c1-8(2)9-6-4-3-5-7-9;;;;/h3-6,8H,1-2H3;3*1H3;. The summed E-state index contributed by atoms with van der Waals surface area (Å²) in [5.41, 5.74) is 1.57. The average molecular weight is 283 g/mol. The van der Waals surface area contributed by atoms with Crippen LogP contribution in [0.1, 0.15) is 25.3 Å². The van der Waals surface area contributed by atoms with Crippen LogP contribution < -0.4 is 3.58 Å². The Morgan fingerprint density at radius 3 is 1.92 bits per heavy atom. The van der Waals surface area contributed by atoms with Crippen molar-refractivity contribution in [3.63, 3.8) is 0 Å². The van der Waals surface area contributed by atoms with Crippen molar-refractivity contribution in [2.75, 3.05) is 0 Å². The van der Waals surface area contributed by atoms with Crippen LogP contribution >= 0.6 is 0 Å². The van der Waals surface area contributed by atoms with Crippen molar-refractivity contribution in [1.82, 2.24) is 0 Å². The third-order valence-electron chi connectivity index (χ3n) is 2.39. The van der Waals surface area contributed by atoms with Gasteiger partial charge in [-0.15, -0.1) is 0 Å². The minimum absolute atomic E-state index is 0.673. The zero-order valence-electron chi connectivity index (χ0n) is 9.39. The molecule has 0 aliphatic heterocycles. The van der Waals surface area contributed by atoms with Gasteiger partial charge >= 0.3 is 86.4 Å². The molecule has 0 bridgehead atoms. The maximum atomic E-state index is 2.48. The molecule has 0 heterocycles. The van der Waals surface area contributed by atoms with Gasteiger partial charge in [-0.25, -0.2) is 0 Å². The summed E-state index contributed by atoms with van der Waals surface area (Å²) in [4.78, 5) is 7.45. The Hall–Kier alpha value is 0.0187. The SMILES string of the molecule is CC(C)c1cccc[c]1[Sn]([CH3])([CH3])[CH3]. The van der Waals surface area contributed by atoms with Gasteiger partial charge in [-0.3, -0.25) is 0 Å². The summed E-state index contributed by atoms with van der Waals surface area (Å²) < 4.78 is 1.69. The molecule has 0 aromatic heterocycles. The zero-order chi connectivity index (χ0) is 10.1. The third-order valence-corrected chi connectivity index (χ3v) is 8.30. The van der Waals surface area contributed by atoms with E-state index in [1.54, 1.807) is 9.14 Å². The van der Waals surface area contributed by atoms with Gasteiger partial charge in [0.25, 0.3) is 0 Å². The Bertz CT molecular complexity index is 281. The molecule has 1 aromatic rings. The Morgan fingerprint density at radius 2 is 1.54 bits per heavy atom. The molecular weight excluding hydrogens is 263 g/mol. The summed E-state index contributed by atoms with van der Waals surface area (Å²) in [6, 6.07) is 8.98. The molecule has 0 saturated heterocycles. The van der Waals surface area contributed by atoms with E-state index in [0.717, 1.165) is 0 Å². The normalized spacial score (nSPS) is 12.2. The molecule has 0 saturated carbocycles. The zero-order valence-corrected chi connectivity index (χ0v) is 12.2. The Kier molecular flexibility index (Phi) is 3.44. The molecule has 0 fully saturated rings. The second kappa shape index (κ2) is 4.03. The first kappa shape index (κ1) is 11.1. The van der Waals surface area contributed by atoms with Gasteiger partial charge < -0.3 is 0 Å². The minimum atomic E-state index is -1.86. The van der Waals surface area contributed by atoms with Gasteiger partial charge in [0.2, 0.25) is 0 Å². The van der Waals surface area contributed by atoms with Crippen molar-refractivity contribution < 1.29 is 0 Å². The summed E-state index contributed by atoms with van der Waals surface area (Å²) in [5, 5.41) is 0. The fraction of sp³-hybridized carbons (Fsp3) is 0.500. The molecule has 13 heavy (non-hydrogen) atoms. The fourth-order valence-electron chi connectivity index (χ4n) is 1.68. The molecule has 72 valence electrons. The fourth-order valence-corrected chi connectivity index (χ4v) is 6.92. The first-order valence-corrected chi connectivity index (χ1v) is 15.0. The summed E-state index contributed by atoms with van der Waals surface area (Å²) in [7, 11) is 0. The first-order valence-electron chi connectivity index (χ1n) is 5.02. The predicted octanol–water partition coefficient (Wildman–Crippen LogP) is 3.36.